The van der Waals surface area contributed by atoms with Gasteiger partial charge in [0.15, 0.2) is 0 Å². The molecule has 0 fully saturated rings. The number of aryl methyl sites for hydroxylation is 1. The lowest BCUT2D eigenvalue weighted by atomic mass is 10.0. The van der Waals surface area contributed by atoms with Gasteiger partial charge in [0.05, 0.1) is 16.9 Å². The average molecular weight is 265 g/mol. The molecule has 0 amide bonds. The van der Waals surface area contributed by atoms with Crippen LogP contribution in [0.1, 0.15) is 38.1 Å². The second kappa shape index (κ2) is 5.75. The second-order valence-electron chi connectivity index (χ2n) is 4.90. The molecule has 0 saturated heterocycles. The Morgan fingerprint density at radius 1 is 1.28 bits per heavy atom. The highest BCUT2D eigenvalue weighted by molar-refractivity contribution is 6.16. The number of benzene rings is 1. The van der Waals surface area contributed by atoms with Crippen LogP contribution in [0.4, 0.5) is 0 Å². The SMILES string of the molecule is CCC(CC)Cn1c(CCl)nc2cccc(C)c21. The Morgan fingerprint density at radius 2 is 2.00 bits per heavy atom. The number of alkyl halides is 1. The summed E-state index contributed by atoms with van der Waals surface area (Å²) in [6.45, 7) is 7.67. The summed E-state index contributed by atoms with van der Waals surface area (Å²) in [5.74, 6) is 2.17. The summed E-state index contributed by atoms with van der Waals surface area (Å²) in [5.41, 5.74) is 3.60. The van der Waals surface area contributed by atoms with Crippen LogP contribution in [-0.4, -0.2) is 9.55 Å². The molecule has 0 atom stereocenters. The van der Waals surface area contributed by atoms with Crippen molar-refractivity contribution in [2.24, 2.45) is 5.92 Å². The Balaban J connectivity index is 2.52. The van der Waals surface area contributed by atoms with Gasteiger partial charge in [0.25, 0.3) is 0 Å². The number of nitrogens with zero attached hydrogens (tertiary/aromatic N) is 2. The van der Waals surface area contributed by atoms with E-state index < -0.39 is 0 Å². The molecule has 2 nitrogen and oxygen atoms in total. The summed E-state index contributed by atoms with van der Waals surface area (Å²) < 4.78 is 2.31. The van der Waals surface area contributed by atoms with Crippen molar-refractivity contribution >= 4 is 22.6 Å². The molecule has 0 bridgehead atoms. The molecule has 1 aromatic heterocycles. The fourth-order valence-corrected chi connectivity index (χ4v) is 2.72. The number of imidazole rings is 1. The molecule has 0 unspecified atom stereocenters. The van der Waals surface area contributed by atoms with Gasteiger partial charge in [-0.1, -0.05) is 38.8 Å². The highest BCUT2D eigenvalue weighted by atomic mass is 35.5. The van der Waals surface area contributed by atoms with Crippen LogP contribution in [0.3, 0.4) is 0 Å². The highest BCUT2D eigenvalue weighted by Crippen LogP contribution is 2.23. The minimum atomic E-state index is 0.480. The third kappa shape index (κ3) is 2.39. The highest BCUT2D eigenvalue weighted by Gasteiger charge is 2.14. The molecule has 0 radical (unpaired) electrons. The van der Waals surface area contributed by atoms with Crippen LogP contribution in [-0.2, 0) is 12.4 Å². The van der Waals surface area contributed by atoms with E-state index in [2.05, 4.69) is 48.5 Å². The Labute approximate surface area is 114 Å². The maximum absolute atomic E-state index is 6.04. The number of hydrogen-bond donors (Lipinski definition) is 0. The zero-order valence-electron chi connectivity index (χ0n) is 11.4. The molecular weight excluding hydrogens is 244 g/mol. The van der Waals surface area contributed by atoms with Gasteiger partial charge in [-0.2, -0.15) is 0 Å². The Hall–Kier alpha value is -1.02. The van der Waals surface area contributed by atoms with Crippen molar-refractivity contribution in [3.05, 3.63) is 29.6 Å². The minimum Gasteiger partial charge on any atom is -0.326 e. The normalized spacial score (nSPS) is 11.6. The monoisotopic (exact) mass is 264 g/mol. The molecule has 3 heteroatoms. The largest absolute Gasteiger partial charge is 0.326 e. The Kier molecular flexibility index (Phi) is 4.28. The maximum atomic E-state index is 6.04. The number of hydrogen-bond acceptors (Lipinski definition) is 1. The van der Waals surface area contributed by atoms with Crippen molar-refractivity contribution in [2.75, 3.05) is 0 Å². The zero-order valence-corrected chi connectivity index (χ0v) is 12.2. The third-order valence-electron chi connectivity index (χ3n) is 3.76. The van der Waals surface area contributed by atoms with Crippen molar-refractivity contribution in [3.63, 3.8) is 0 Å². The zero-order chi connectivity index (χ0) is 13.1. The van der Waals surface area contributed by atoms with E-state index in [9.17, 15) is 0 Å². The molecular formula is C15H21ClN2. The lowest BCUT2D eigenvalue weighted by molar-refractivity contribution is 0.419. The summed E-state index contributed by atoms with van der Waals surface area (Å²) >= 11 is 6.04. The number of rotatable bonds is 5. The van der Waals surface area contributed by atoms with Gasteiger partial charge >= 0.3 is 0 Å². The van der Waals surface area contributed by atoms with E-state index in [0.29, 0.717) is 11.8 Å². The number of aromatic nitrogens is 2. The summed E-state index contributed by atoms with van der Waals surface area (Å²) in [7, 11) is 0. The summed E-state index contributed by atoms with van der Waals surface area (Å²) in [5, 5.41) is 0. The van der Waals surface area contributed by atoms with Crippen LogP contribution in [0.5, 0.6) is 0 Å². The molecule has 0 spiro atoms. The first-order chi connectivity index (χ1) is 8.71. The Bertz CT molecular complexity index is 527. The number of para-hydroxylation sites is 1. The van der Waals surface area contributed by atoms with Crippen molar-refractivity contribution in [1.82, 2.24) is 9.55 Å². The van der Waals surface area contributed by atoms with E-state index in [0.717, 1.165) is 17.9 Å². The van der Waals surface area contributed by atoms with Crippen LogP contribution >= 0.6 is 11.6 Å². The van der Waals surface area contributed by atoms with Gasteiger partial charge in [0, 0.05) is 6.54 Å². The first kappa shape index (κ1) is 13.4. The van der Waals surface area contributed by atoms with Crippen LogP contribution in [0.15, 0.2) is 18.2 Å². The molecule has 2 rings (SSSR count). The quantitative estimate of drug-likeness (QED) is 0.726. The number of halogens is 1. The Morgan fingerprint density at radius 3 is 2.61 bits per heavy atom. The molecule has 18 heavy (non-hydrogen) atoms. The van der Waals surface area contributed by atoms with Crippen molar-refractivity contribution in [3.8, 4) is 0 Å². The van der Waals surface area contributed by atoms with Gasteiger partial charge in [-0.15, -0.1) is 11.6 Å². The first-order valence-electron chi connectivity index (χ1n) is 6.71. The van der Waals surface area contributed by atoms with Gasteiger partial charge in [-0.05, 0) is 24.5 Å². The second-order valence-corrected chi connectivity index (χ2v) is 5.16. The van der Waals surface area contributed by atoms with E-state index in [1.165, 1.54) is 23.9 Å². The lowest BCUT2D eigenvalue weighted by Gasteiger charge is -2.16. The average Bonchev–Trinajstić information content (AvgIpc) is 2.75. The number of fused-ring (bicyclic) bond motifs is 1. The van der Waals surface area contributed by atoms with Crippen LogP contribution in [0.25, 0.3) is 11.0 Å². The first-order valence-corrected chi connectivity index (χ1v) is 7.25. The predicted octanol–water partition coefficient (Wildman–Crippen LogP) is 4.52. The molecule has 98 valence electrons. The third-order valence-corrected chi connectivity index (χ3v) is 4.00. The van der Waals surface area contributed by atoms with Gasteiger partial charge in [-0.3, -0.25) is 0 Å². The van der Waals surface area contributed by atoms with E-state index in [1.807, 2.05) is 0 Å². The van der Waals surface area contributed by atoms with Gasteiger partial charge in [0.1, 0.15) is 5.82 Å². The molecule has 0 aliphatic heterocycles. The molecule has 2 aromatic rings. The van der Waals surface area contributed by atoms with Crippen molar-refractivity contribution in [2.45, 2.75) is 46.0 Å². The minimum absolute atomic E-state index is 0.480. The topological polar surface area (TPSA) is 17.8 Å². The summed E-state index contributed by atoms with van der Waals surface area (Å²) in [6, 6.07) is 6.28. The van der Waals surface area contributed by atoms with Gasteiger partial charge < -0.3 is 4.57 Å². The molecule has 1 heterocycles. The van der Waals surface area contributed by atoms with Crippen LogP contribution in [0, 0.1) is 12.8 Å². The van der Waals surface area contributed by atoms with Crippen LogP contribution < -0.4 is 0 Å². The lowest BCUT2D eigenvalue weighted by Crippen LogP contribution is -2.12. The summed E-state index contributed by atoms with van der Waals surface area (Å²) in [6.07, 6.45) is 2.40. The van der Waals surface area contributed by atoms with Crippen LogP contribution in [0.2, 0.25) is 0 Å². The van der Waals surface area contributed by atoms with E-state index in [4.69, 9.17) is 11.6 Å². The molecule has 1 aromatic carbocycles. The molecule has 0 aliphatic carbocycles. The fraction of sp³-hybridized carbons (Fsp3) is 0.533. The molecule has 0 saturated carbocycles. The smallest absolute Gasteiger partial charge is 0.124 e. The molecule has 0 N–H and O–H groups in total. The van der Waals surface area contributed by atoms with Crippen molar-refractivity contribution < 1.29 is 0 Å². The standard InChI is InChI=1S/C15H21ClN2/c1-4-12(5-2)10-18-14(9-16)17-13-8-6-7-11(3)15(13)18/h6-8,12H,4-5,9-10H2,1-3H3. The summed E-state index contributed by atoms with van der Waals surface area (Å²) in [4.78, 5) is 4.64. The van der Waals surface area contributed by atoms with E-state index in [1.54, 1.807) is 0 Å². The van der Waals surface area contributed by atoms with Crippen molar-refractivity contribution in [1.29, 1.82) is 0 Å². The maximum Gasteiger partial charge on any atom is 0.124 e. The van der Waals surface area contributed by atoms with Gasteiger partial charge in [0.2, 0.25) is 0 Å². The van der Waals surface area contributed by atoms with E-state index >= 15 is 0 Å². The molecule has 0 aliphatic rings. The van der Waals surface area contributed by atoms with E-state index in [-0.39, 0.29) is 0 Å². The fourth-order valence-electron chi connectivity index (χ4n) is 2.52. The van der Waals surface area contributed by atoms with Gasteiger partial charge in [-0.25, -0.2) is 4.98 Å². The predicted molar refractivity (Wildman–Crippen MR) is 78.1 cm³/mol.